The van der Waals surface area contributed by atoms with E-state index in [1.54, 1.807) is 0 Å². The van der Waals surface area contributed by atoms with Crippen molar-refractivity contribution in [1.29, 1.82) is 0 Å². The van der Waals surface area contributed by atoms with Gasteiger partial charge in [0.25, 0.3) is 0 Å². The molecular formula is C13H24O3S2. The van der Waals surface area contributed by atoms with Crippen LogP contribution in [-0.2, 0) is 9.53 Å². The zero-order valence-corrected chi connectivity index (χ0v) is 13.1. The number of hydrogen-bond acceptors (Lipinski definition) is 5. The van der Waals surface area contributed by atoms with E-state index in [1.807, 2.05) is 44.3 Å². The molecule has 1 N–H and O–H groups in total. The fraction of sp³-hybridized carbons (Fsp3) is 0.923. The van der Waals surface area contributed by atoms with Crippen LogP contribution in [-0.4, -0.2) is 38.9 Å². The van der Waals surface area contributed by atoms with Crippen molar-refractivity contribution in [2.75, 3.05) is 11.5 Å². The number of ether oxygens (including phenoxy) is 1. The molecule has 0 aromatic heterocycles. The van der Waals surface area contributed by atoms with Crippen molar-refractivity contribution in [3.05, 3.63) is 0 Å². The van der Waals surface area contributed by atoms with Gasteiger partial charge in [-0.3, -0.25) is 4.79 Å². The minimum atomic E-state index is -0.412. The number of carbonyl (C=O) groups is 1. The Morgan fingerprint density at radius 3 is 2.56 bits per heavy atom. The van der Waals surface area contributed by atoms with Crippen molar-refractivity contribution in [2.24, 2.45) is 0 Å². The lowest BCUT2D eigenvalue weighted by molar-refractivity contribution is -0.155. The largest absolute Gasteiger partial charge is 0.460 e. The Labute approximate surface area is 118 Å². The molecule has 1 saturated heterocycles. The second-order valence-corrected chi connectivity index (χ2v) is 8.31. The maximum atomic E-state index is 11.5. The van der Waals surface area contributed by atoms with Crippen LogP contribution in [0.4, 0.5) is 0 Å². The van der Waals surface area contributed by atoms with Gasteiger partial charge in [-0.05, 0) is 51.5 Å². The van der Waals surface area contributed by atoms with Crippen molar-refractivity contribution >= 4 is 29.5 Å². The number of hydrogen-bond donors (Lipinski definition) is 1. The van der Waals surface area contributed by atoms with Gasteiger partial charge < -0.3 is 9.84 Å². The summed E-state index contributed by atoms with van der Waals surface area (Å²) in [5, 5.41) is 10.0. The van der Waals surface area contributed by atoms with Crippen molar-refractivity contribution in [2.45, 2.75) is 62.7 Å². The summed E-state index contributed by atoms with van der Waals surface area (Å²) in [6.07, 6.45) is 2.72. The average molecular weight is 292 g/mol. The van der Waals surface area contributed by atoms with Gasteiger partial charge in [-0.15, -0.1) is 23.5 Å². The lowest BCUT2D eigenvalue weighted by Crippen LogP contribution is -2.25. The van der Waals surface area contributed by atoms with Crippen LogP contribution < -0.4 is 0 Å². The Kier molecular flexibility index (Phi) is 6.88. The zero-order chi connectivity index (χ0) is 13.6. The van der Waals surface area contributed by atoms with Gasteiger partial charge in [0, 0.05) is 6.42 Å². The summed E-state index contributed by atoms with van der Waals surface area (Å²) in [6.45, 7) is 5.61. The molecule has 0 saturated carbocycles. The van der Waals surface area contributed by atoms with E-state index in [0.717, 1.165) is 11.5 Å². The van der Waals surface area contributed by atoms with Crippen LogP contribution in [0.3, 0.4) is 0 Å². The summed E-state index contributed by atoms with van der Waals surface area (Å²) in [5.74, 6) is 2.11. The molecule has 5 heteroatoms. The molecule has 1 atom stereocenters. The fourth-order valence-corrected chi connectivity index (χ4v) is 4.66. The Morgan fingerprint density at radius 2 is 2.00 bits per heavy atom. The first kappa shape index (κ1) is 16.2. The SMILES string of the molecule is CC(C)(C)OC(=O)CCCC(O)C1SCCCS1. The normalized spacial score (nSPS) is 19.6. The molecule has 1 fully saturated rings. The first-order valence-electron chi connectivity index (χ1n) is 6.51. The van der Waals surface area contributed by atoms with Crippen LogP contribution >= 0.6 is 23.5 Å². The predicted octanol–water partition coefficient (Wildman–Crippen LogP) is 3.06. The minimum Gasteiger partial charge on any atom is -0.460 e. The molecule has 0 amide bonds. The second kappa shape index (κ2) is 7.65. The highest BCUT2D eigenvalue weighted by Crippen LogP contribution is 2.34. The summed E-state index contributed by atoms with van der Waals surface area (Å²) < 4.78 is 5.52. The second-order valence-electron chi connectivity index (χ2n) is 5.51. The lowest BCUT2D eigenvalue weighted by atomic mass is 10.1. The molecule has 0 spiro atoms. The third-order valence-electron chi connectivity index (χ3n) is 2.47. The van der Waals surface area contributed by atoms with Gasteiger partial charge in [-0.25, -0.2) is 0 Å². The topological polar surface area (TPSA) is 46.5 Å². The van der Waals surface area contributed by atoms with Crippen molar-refractivity contribution < 1.29 is 14.6 Å². The van der Waals surface area contributed by atoms with Gasteiger partial charge in [-0.2, -0.15) is 0 Å². The highest BCUT2D eigenvalue weighted by molar-refractivity contribution is 8.17. The quantitative estimate of drug-likeness (QED) is 0.789. The minimum absolute atomic E-state index is 0.168. The van der Waals surface area contributed by atoms with E-state index in [0.29, 0.717) is 19.3 Å². The summed E-state index contributed by atoms with van der Waals surface area (Å²) in [6, 6.07) is 0. The molecule has 106 valence electrons. The molecule has 0 aromatic rings. The fourth-order valence-electron chi connectivity index (χ4n) is 1.71. The van der Waals surface area contributed by atoms with Crippen LogP contribution in [0, 0.1) is 0 Å². The number of esters is 1. The van der Waals surface area contributed by atoms with E-state index in [4.69, 9.17) is 4.74 Å². The molecular weight excluding hydrogens is 268 g/mol. The molecule has 1 heterocycles. The molecule has 1 unspecified atom stereocenters. The summed E-state index contributed by atoms with van der Waals surface area (Å²) in [7, 11) is 0. The third-order valence-corrected chi connectivity index (χ3v) is 5.62. The average Bonchev–Trinajstić information content (AvgIpc) is 2.27. The Hall–Kier alpha value is 0.130. The van der Waals surface area contributed by atoms with E-state index < -0.39 is 5.60 Å². The van der Waals surface area contributed by atoms with Gasteiger partial charge in [0.15, 0.2) is 0 Å². The van der Waals surface area contributed by atoms with E-state index in [2.05, 4.69) is 0 Å². The van der Waals surface area contributed by atoms with Gasteiger partial charge in [0.05, 0.1) is 10.7 Å². The van der Waals surface area contributed by atoms with Crippen LogP contribution in [0.5, 0.6) is 0 Å². The standard InChI is InChI=1S/C13H24O3S2/c1-13(2,3)16-11(15)7-4-6-10(14)12-17-8-5-9-18-12/h10,12,14H,4-9H2,1-3H3. The van der Waals surface area contributed by atoms with Gasteiger partial charge in [-0.1, -0.05) is 0 Å². The van der Waals surface area contributed by atoms with E-state index in [9.17, 15) is 9.90 Å². The molecule has 1 aliphatic heterocycles. The Bertz CT molecular complexity index is 257. The van der Waals surface area contributed by atoms with Gasteiger partial charge in [0.2, 0.25) is 0 Å². The molecule has 0 bridgehead atoms. The van der Waals surface area contributed by atoms with Gasteiger partial charge >= 0.3 is 5.97 Å². The lowest BCUT2D eigenvalue weighted by Gasteiger charge is -2.25. The molecule has 0 aliphatic carbocycles. The molecule has 0 radical (unpaired) electrons. The van der Waals surface area contributed by atoms with Crippen molar-refractivity contribution in [3.63, 3.8) is 0 Å². The molecule has 3 nitrogen and oxygen atoms in total. The maximum absolute atomic E-state index is 11.5. The van der Waals surface area contributed by atoms with E-state index >= 15 is 0 Å². The third kappa shape index (κ3) is 6.90. The Balaban J connectivity index is 2.14. The number of aliphatic hydroxyl groups is 1. The highest BCUT2D eigenvalue weighted by Gasteiger charge is 2.23. The number of aliphatic hydroxyl groups excluding tert-OH is 1. The summed E-state index contributed by atoms with van der Waals surface area (Å²) in [5.41, 5.74) is -0.412. The smallest absolute Gasteiger partial charge is 0.306 e. The van der Waals surface area contributed by atoms with Gasteiger partial charge in [0.1, 0.15) is 5.60 Å². The zero-order valence-electron chi connectivity index (χ0n) is 11.5. The molecule has 1 aliphatic rings. The number of carbonyl (C=O) groups excluding carboxylic acids is 1. The summed E-state index contributed by atoms with van der Waals surface area (Å²) >= 11 is 3.67. The molecule has 18 heavy (non-hydrogen) atoms. The van der Waals surface area contributed by atoms with Crippen LogP contribution in [0.25, 0.3) is 0 Å². The van der Waals surface area contributed by atoms with Crippen molar-refractivity contribution in [3.8, 4) is 0 Å². The van der Waals surface area contributed by atoms with E-state index in [-0.39, 0.29) is 16.7 Å². The van der Waals surface area contributed by atoms with Crippen LogP contribution in [0.2, 0.25) is 0 Å². The summed E-state index contributed by atoms with van der Waals surface area (Å²) in [4.78, 5) is 11.5. The first-order chi connectivity index (χ1) is 8.38. The predicted molar refractivity (Wildman–Crippen MR) is 79.0 cm³/mol. The first-order valence-corrected chi connectivity index (χ1v) is 8.61. The Morgan fingerprint density at radius 1 is 1.39 bits per heavy atom. The number of rotatable bonds is 5. The van der Waals surface area contributed by atoms with E-state index in [1.165, 1.54) is 6.42 Å². The van der Waals surface area contributed by atoms with Crippen LogP contribution in [0.1, 0.15) is 46.5 Å². The number of thioether (sulfide) groups is 2. The highest BCUT2D eigenvalue weighted by atomic mass is 32.2. The molecule has 1 rings (SSSR count). The van der Waals surface area contributed by atoms with Crippen LogP contribution in [0.15, 0.2) is 0 Å². The monoisotopic (exact) mass is 292 g/mol. The maximum Gasteiger partial charge on any atom is 0.306 e. The molecule has 0 aromatic carbocycles. The van der Waals surface area contributed by atoms with Crippen molar-refractivity contribution in [1.82, 2.24) is 0 Å².